The van der Waals surface area contributed by atoms with Gasteiger partial charge >= 0.3 is 0 Å². The largest absolute Gasteiger partial charge is 0.251 e. The van der Waals surface area contributed by atoms with Gasteiger partial charge in [0.1, 0.15) is 0 Å². The van der Waals surface area contributed by atoms with Crippen LogP contribution in [0, 0.1) is 6.92 Å². The lowest BCUT2D eigenvalue weighted by molar-refractivity contribution is 1.04. The van der Waals surface area contributed by atoms with Crippen LogP contribution in [0.15, 0.2) is 164 Å². The van der Waals surface area contributed by atoms with Gasteiger partial charge < -0.3 is 0 Å². The molecule has 5 aromatic carbocycles. The SMILES string of the molecule is Cc1ccc2ccc3c(-c4cccc(-c5cc(-c6ccc(C7=CCCC=C7)cc6)nc(-c6ccccc6)n5)c4)cc(-c4ccccc4)nc3c2n1. The predicted octanol–water partition coefficient (Wildman–Crippen LogP) is 11.9. The molecule has 0 N–H and O–H groups in total. The molecule has 1 aliphatic carbocycles. The van der Waals surface area contributed by atoms with Gasteiger partial charge in [0.2, 0.25) is 0 Å². The van der Waals surface area contributed by atoms with Gasteiger partial charge in [-0.25, -0.2) is 15.0 Å². The summed E-state index contributed by atoms with van der Waals surface area (Å²) in [6.07, 6.45) is 8.97. The molecular formula is C47H34N4. The van der Waals surface area contributed by atoms with E-state index in [0.717, 1.165) is 90.8 Å². The number of allylic oxidation sites excluding steroid dienone is 4. The predicted molar refractivity (Wildman–Crippen MR) is 211 cm³/mol. The van der Waals surface area contributed by atoms with Crippen molar-refractivity contribution in [1.82, 2.24) is 19.9 Å². The summed E-state index contributed by atoms with van der Waals surface area (Å²) in [6, 6.07) is 50.8. The van der Waals surface area contributed by atoms with E-state index < -0.39 is 0 Å². The smallest absolute Gasteiger partial charge is 0.160 e. The van der Waals surface area contributed by atoms with E-state index in [-0.39, 0.29) is 0 Å². The molecule has 0 saturated heterocycles. The van der Waals surface area contributed by atoms with Crippen molar-refractivity contribution in [3.8, 4) is 56.3 Å². The van der Waals surface area contributed by atoms with Gasteiger partial charge in [0, 0.05) is 38.7 Å². The summed E-state index contributed by atoms with van der Waals surface area (Å²) in [5.41, 5.74) is 14.3. The molecule has 0 atom stereocenters. The molecule has 1 aliphatic rings. The topological polar surface area (TPSA) is 51.6 Å². The molecule has 0 unspecified atom stereocenters. The standard InChI is InChI=1S/C47H34N4/c1-31-20-21-36-26-27-40-41(29-42(34-14-7-3-8-15-34)49-46(40)45(36)48-31)38-18-11-19-39(28-38)44-30-43(50-47(51-44)37-16-9-4-10-17-37)35-24-22-33(23-25-35)32-12-5-2-6-13-32/h3-5,7-30H,2,6H2,1H3. The Bertz CT molecular complexity index is 2620. The van der Waals surface area contributed by atoms with Gasteiger partial charge in [-0.15, -0.1) is 0 Å². The maximum Gasteiger partial charge on any atom is 0.160 e. The minimum atomic E-state index is 0.698. The Morgan fingerprint density at radius 3 is 1.86 bits per heavy atom. The van der Waals surface area contributed by atoms with Crippen LogP contribution in [0.5, 0.6) is 0 Å². The van der Waals surface area contributed by atoms with Crippen LogP contribution in [0.2, 0.25) is 0 Å². The highest BCUT2D eigenvalue weighted by Gasteiger charge is 2.16. The molecule has 0 fully saturated rings. The molecule has 0 amide bonds. The zero-order chi connectivity index (χ0) is 34.1. The monoisotopic (exact) mass is 654 g/mol. The lowest BCUT2D eigenvalue weighted by Crippen LogP contribution is -1.97. The van der Waals surface area contributed by atoms with E-state index in [1.54, 1.807) is 0 Å². The summed E-state index contributed by atoms with van der Waals surface area (Å²) < 4.78 is 0. The molecular weight excluding hydrogens is 621 g/mol. The van der Waals surface area contributed by atoms with Crippen molar-refractivity contribution in [2.24, 2.45) is 0 Å². The van der Waals surface area contributed by atoms with Crippen LogP contribution in [-0.2, 0) is 0 Å². The molecule has 0 aliphatic heterocycles. The van der Waals surface area contributed by atoms with E-state index in [1.165, 1.54) is 11.1 Å². The molecule has 0 radical (unpaired) electrons. The van der Waals surface area contributed by atoms with Gasteiger partial charge in [0.05, 0.1) is 28.1 Å². The van der Waals surface area contributed by atoms with Crippen LogP contribution in [0.25, 0.3) is 83.7 Å². The van der Waals surface area contributed by atoms with Crippen LogP contribution in [0.3, 0.4) is 0 Å². The quantitative estimate of drug-likeness (QED) is 0.167. The van der Waals surface area contributed by atoms with Crippen LogP contribution in [0.4, 0.5) is 0 Å². The second-order valence-electron chi connectivity index (χ2n) is 13.0. The average molecular weight is 655 g/mol. The molecule has 3 heterocycles. The fourth-order valence-corrected chi connectivity index (χ4v) is 6.93. The average Bonchev–Trinajstić information content (AvgIpc) is 3.21. The third-order valence-electron chi connectivity index (χ3n) is 9.58. The van der Waals surface area contributed by atoms with Gasteiger partial charge in [0.15, 0.2) is 5.82 Å². The summed E-state index contributed by atoms with van der Waals surface area (Å²) in [4.78, 5) is 20.4. The number of hydrogen-bond donors (Lipinski definition) is 0. The maximum atomic E-state index is 5.22. The molecule has 0 saturated carbocycles. The summed E-state index contributed by atoms with van der Waals surface area (Å²) in [5.74, 6) is 0.698. The highest BCUT2D eigenvalue weighted by molar-refractivity contribution is 6.09. The number of aromatic nitrogens is 4. The number of benzene rings is 5. The molecule has 0 spiro atoms. The zero-order valence-electron chi connectivity index (χ0n) is 28.3. The number of nitrogens with zero attached hydrogens (tertiary/aromatic N) is 4. The second kappa shape index (κ2) is 13.1. The third kappa shape index (κ3) is 6.02. The summed E-state index contributed by atoms with van der Waals surface area (Å²) in [5, 5.41) is 2.14. The minimum absolute atomic E-state index is 0.698. The van der Waals surface area contributed by atoms with Gasteiger partial charge in [-0.2, -0.15) is 0 Å². The van der Waals surface area contributed by atoms with Crippen molar-refractivity contribution >= 4 is 27.4 Å². The van der Waals surface area contributed by atoms with E-state index in [1.807, 2.05) is 31.2 Å². The van der Waals surface area contributed by atoms with Gasteiger partial charge in [-0.05, 0) is 66.3 Å². The Hall–Kier alpha value is -6.52. The van der Waals surface area contributed by atoms with Crippen molar-refractivity contribution in [3.63, 3.8) is 0 Å². The van der Waals surface area contributed by atoms with Crippen molar-refractivity contribution in [2.75, 3.05) is 0 Å². The highest BCUT2D eigenvalue weighted by Crippen LogP contribution is 2.37. The normalized spacial score (nSPS) is 12.7. The Morgan fingerprint density at radius 1 is 0.451 bits per heavy atom. The van der Waals surface area contributed by atoms with Gasteiger partial charge in [0.25, 0.3) is 0 Å². The second-order valence-corrected chi connectivity index (χ2v) is 13.0. The number of fused-ring (bicyclic) bond motifs is 3. The highest BCUT2D eigenvalue weighted by atomic mass is 14.9. The van der Waals surface area contributed by atoms with E-state index in [9.17, 15) is 0 Å². The first-order valence-electron chi connectivity index (χ1n) is 17.5. The fraction of sp³-hybridized carbons (Fsp3) is 0.0638. The van der Waals surface area contributed by atoms with Gasteiger partial charge in [-0.1, -0.05) is 140 Å². The van der Waals surface area contributed by atoms with Crippen LogP contribution >= 0.6 is 0 Å². The lowest BCUT2D eigenvalue weighted by Gasteiger charge is -2.14. The third-order valence-corrected chi connectivity index (χ3v) is 9.58. The zero-order valence-corrected chi connectivity index (χ0v) is 28.3. The maximum absolute atomic E-state index is 5.22. The number of rotatable bonds is 6. The number of pyridine rings is 2. The van der Waals surface area contributed by atoms with E-state index >= 15 is 0 Å². The summed E-state index contributed by atoms with van der Waals surface area (Å²) in [7, 11) is 0. The Morgan fingerprint density at radius 2 is 1.10 bits per heavy atom. The molecule has 9 rings (SSSR count). The van der Waals surface area contributed by atoms with Crippen LogP contribution in [0.1, 0.15) is 24.1 Å². The molecule has 51 heavy (non-hydrogen) atoms. The van der Waals surface area contributed by atoms with Gasteiger partial charge in [-0.3, -0.25) is 4.98 Å². The number of aryl methyl sites for hydroxylation is 1. The first-order valence-corrected chi connectivity index (χ1v) is 17.5. The molecule has 242 valence electrons. The lowest BCUT2D eigenvalue weighted by atomic mass is 9.95. The van der Waals surface area contributed by atoms with Crippen molar-refractivity contribution in [2.45, 2.75) is 19.8 Å². The summed E-state index contributed by atoms with van der Waals surface area (Å²) >= 11 is 0. The number of hydrogen-bond acceptors (Lipinski definition) is 4. The molecule has 0 bridgehead atoms. The molecule has 8 aromatic rings. The van der Waals surface area contributed by atoms with Crippen molar-refractivity contribution in [1.29, 1.82) is 0 Å². The van der Waals surface area contributed by atoms with Crippen molar-refractivity contribution < 1.29 is 0 Å². The molecule has 4 heteroatoms. The molecule has 4 nitrogen and oxygen atoms in total. The Labute approximate surface area is 297 Å². The fourth-order valence-electron chi connectivity index (χ4n) is 6.93. The van der Waals surface area contributed by atoms with E-state index in [4.69, 9.17) is 19.9 Å². The van der Waals surface area contributed by atoms with E-state index in [0.29, 0.717) is 5.82 Å². The first-order chi connectivity index (χ1) is 25.2. The van der Waals surface area contributed by atoms with Crippen LogP contribution in [-0.4, -0.2) is 19.9 Å². The first kappa shape index (κ1) is 30.5. The van der Waals surface area contributed by atoms with Crippen molar-refractivity contribution in [3.05, 3.63) is 175 Å². The van der Waals surface area contributed by atoms with E-state index in [2.05, 4.69) is 140 Å². The Balaban J connectivity index is 1.20. The Kier molecular flexibility index (Phi) is 7.82. The minimum Gasteiger partial charge on any atom is -0.251 e. The molecule has 3 aromatic heterocycles. The van der Waals surface area contributed by atoms with Crippen LogP contribution < -0.4 is 0 Å². The summed E-state index contributed by atoms with van der Waals surface area (Å²) in [6.45, 7) is 2.03.